The fraction of sp³-hybridized carbons (Fsp3) is 0.286. The van der Waals surface area contributed by atoms with E-state index in [9.17, 15) is 0 Å². The van der Waals surface area contributed by atoms with Crippen LogP contribution in [0.25, 0.3) is 0 Å². The Hall–Kier alpha value is -2.48. The van der Waals surface area contributed by atoms with Crippen molar-refractivity contribution in [1.29, 1.82) is 0 Å². The van der Waals surface area contributed by atoms with Crippen LogP contribution < -0.4 is 10.1 Å². The Morgan fingerprint density at radius 2 is 2.37 bits per heavy atom. The van der Waals surface area contributed by atoms with Crippen molar-refractivity contribution in [3.63, 3.8) is 0 Å². The Kier molecular flexibility index (Phi) is 4.40. The first-order valence-corrected chi connectivity index (χ1v) is 6.07. The van der Waals surface area contributed by atoms with Gasteiger partial charge in [-0.25, -0.2) is 0 Å². The molecule has 0 aliphatic heterocycles. The van der Waals surface area contributed by atoms with Crippen LogP contribution in [0.5, 0.6) is 5.75 Å². The second-order valence-corrected chi connectivity index (χ2v) is 4.02. The van der Waals surface area contributed by atoms with Crippen molar-refractivity contribution in [2.24, 2.45) is 0 Å². The van der Waals surface area contributed by atoms with E-state index < -0.39 is 0 Å². The number of aromatic nitrogens is 3. The number of nitrogens with zero attached hydrogens (tertiary/aromatic N) is 2. The zero-order chi connectivity index (χ0) is 13.5. The predicted molar refractivity (Wildman–Crippen MR) is 74.4 cm³/mol. The van der Waals surface area contributed by atoms with Crippen LogP contribution >= 0.6 is 0 Å². The average molecular weight is 256 g/mol. The van der Waals surface area contributed by atoms with Gasteiger partial charge in [-0.2, -0.15) is 4.98 Å². The molecule has 0 unspecified atom stereocenters. The molecule has 0 saturated carbocycles. The highest BCUT2D eigenvalue weighted by molar-refractivity contribution is 5.55. The lowest BCUT2D eigenvalue weighted by atomic mass is 10.2. The number of unbranched alkanes of at least 4 members (excludes halogenated alkanes) is 1. The van der Waals surface area contributed by atoms with E-state index in [1.807, 2.05) is 24.3 Å². The highest BCUT2D eigenvalue weighted by atomic mass is 16.5. The smallest absolute Gasteiger partial charge is 0.246 e. The number of benzene rings is 1. The minimum atomic E-state index is 0.545. The van der Waals surface area contributed by atoms with Crippen LogP contribution in [-0.2, 0) is 6.42 Å². The molecule has 0 atom stereocenters. The van der Waals surface area contributed by atoms with Crippen LogP contribution in [0, 0.1) is 12.3 Å². The third-order valence-corrected chi connectivity index (χ3v) is 2.59. The standard InChI is InChI=1S/C14H16N4O/c1-3-4-5-9-13-16-14(18-17-13)15-11-7-6-8-12(10-11)19-2/h1,6-8,10H,4-5,9H2,2H3,(H2,15,16,17,18). The third kappa shape index (κ3) is 3.75. The molecular formula is C14H16N4O. The summed E-state index contributed by atoms with van der Waals surface area (Å²) in [6.07, 6.45) is 7.67. The highest BCUT2D eigenvalue weighted by Crippen LogP contribution is 2.19. The molecule has 0 fully saturated rings. The molecule has 5 nitrogen and oxygen atoms in total. The van der Waals surface area contributed by atoms with Gasteiger partial charge in [0.25, 0.3) is 0 Å². The molecule has 0 aliphatic carbocycles. The molecular weight excluding hydrogens is 240 g/mol. The number of rotatable bonds is 6. The molecule has 1 aromatic heterocycles. The van der Waals surface area contributed by atoms with E-state index in [-0.39, 0.29) is 0 Å². The van der Waals surface area contributed by atoms with Crippen molar-refractivity contribution >= 4 is 11.6 Å². The number of ether oxygens (including phenoxy) is 1. The van der Waals surface area contributed by atoms with Gasteiger partial charge in [-0.3, -0.25) is 5.10 Å². The van der Waals surface area contributed by atoms with Crippen LogP contribution in [0.1, 0.15) is 18.7 Å². The van der Waals surface area contributed by atoms with Gasteiger partial charge in [0.2, 0.25) is 5.95 Å². The molecule has 2 rings (SSSR count). The summed E-state index contributed by atoms with van der Waals surface area (Å²) in [5.74, 6) is 4.77. The van der Waals surface area contributed by atoms with Crippen LogP contribution in [0.2, 0.25) is 0 Å². The summed E-state index contributed by atoms with van der Waals surface area (Å²) >= 11 is 0. The van der Waals surface area contributed by atoms with Crippen molar-refractivity contribution < 1.29 is 4.74 Å². The molecule has 19 heavy (non-hydrogen) atoms. The van der Waals surface area contributed by atoms with E-state index in [1.54, 1.807) is 7.11 Å². The number of nitrogens with one attached hydrogen (secondary N) is 2. The fourth-order valence-corrected chi connectivity index (χ4v) is 1.65. The number of aryl methyl sites for hydroxylation is 1. The van der Waals surface area contributed by atoms with Crippen molar-refractivity contribution in [3.05, 3.63) is 30.1 Å². The number of aromatic amines is 1. The summed E-state index contributed by atoms with van der Waals surface area (Å²) < 4.78 is 5.16. The lowest BCUT2D eigenvalue weighted by Crippen LogP contribution is -1.93. The van der Waals surface area contributed by atoms with Crippen LogP contribution in [0.3, 0.4) is 0 Å². The van der Waals surface area contributed by atoms with Gasteiger partial charge in [-0.15, -0.1) is 17.4 Å². The molecule has 1 heterocycles. The molecule has 0 amide bonds. The lowest BCUT2D eigenvalue weighted by molar-refractivity contribution is 0.415. The van der Waals surface area contributed by atoms with Gasteiger partial charge in [-0.05, 0) is 18.6 Å². The molecule has 2 aromatic rings. The fourth-order valence-electron chi connectivity index (χ4n) is 1.65. The predicted octanol–water partition coefficient (Wildman–Crippen LogP) is 2.51. The van der Waals surface area contributed by atoms with Gasteiger partial charge < -0.3 is 10.1 Å². The van der Waals surface area contributed by atoms with Crippen LogP contribution in [-0.4, -0.2) is 22.3 Å². The van der Waals surface area contributed by atoms with Gasteiger partial charge in [0, 0.05) is 24.6 Å². The monoisotopic (exact) mass is 256 g/mol. The maximum Gasteiger partial charge on any atom is 0.246 e. The van der Waals surface area contributed by atoms with Crippen molar-refractivity contribution in [1.82, 2.24) is 15.2 Å². The topological polar surface area (TPSA) is 62.8 Å². The summed E-state index contributed by atoms with van der Waals surface area (Å²) in [5, 5.41) is 10.1. The quantitative estimate of drug-likeness (QED) is 0.615. The maximum absolute atomic E-state index is 5.21. The largest absolute Gasteiger partial charge is 0.497 e. The van der Waals surface area contributed by atoms with E-state index >= 15 is 0 Å². The van der Waals surface area contributed by atoms with Crippen molar-refractivity contribution in [3.8, 4) is 18.1 Å². The summed E-state index contributed by atoms with van der Waals surface area (Å²) in [6, 6.07) is 7.60. The second-order valence-electron chi connectivity index (χ2n) is 4.02. The number of hydrogen-bond donors (Lipinski definition) is 2. The first-order chi connectivity index (χ1) is 9.31. The Morgan fingerprint density at radius 3 is 3.16 bits per heavy atom. The molecule has 1 aromatic carbocycles. The third-order valence-electron chi connectivity index (χ3n) is 2.59. The molecule has 0 bridgehead atoms. The van der Waals surface area contributed by atoms with Gasteiger partial charge in [-0.1, -0.05) is 6.07 Å². The maximum atomic E-state index is 5.21. The van der Waals surface area contributed by atoms with E-state index in [2.05, 4.69) is 26.4 Å². The normalized spacial score (nSPS) is 9.89. The van der Waals surface area contributed by atoms with Gasteiger partial charge >= 0.3 is 0 Å². The molecule has 0 saturated heterocycles. The molecule has 0 aliphatic rings. The summed E-state index contributed by atoms with van der Waals surface area (Å²) in [5.41, 5.74) is 0.883. The number of terminal acetylenes is 1. The van der Waals surface area contributed by atoms with Gasteiger partial charge in [0.15, 0.2) is 0 Å². The minimum Gasteiger partial charge on any atom is -0.497 e. The zero-order valence-electron chi connectivity index (χ0n) is 10.8. The second kappa shape index (κ2) is 6.45. The first kappa shape index (κ1) is 13.0. The number of methoxy groups -OCH3 is 1. The van der Waals surface area contributed by atoms with E-state index in [0.717, 1.165) is 36.5 Å². The highest BCUT2D eigenvalue weighted by Gasteiger charge is 2.03. The van der Waals surface area contributed by atoms with Crippen molar-refractivity contribution in [2.45, 2.75) is 19.3 Å². The molecule has 0 radical (unpaired) electrons. The van der Waals surface area contributed by atoms with Gasteiger partial charge in [0.1, 0.15) is 11.6 Å². The number of anilines is 2. The van der Waals surface area contributed by atoms with E-state index in [1.165, 1.54) is 0 Å². The SMILES string of the molecule is C#CCCCc1nc(Nc2cccc(OC)c2)n[nH]1. The lowest BCUT2D eigenvalue weighted by Gasteiger charge is -2.03. The number of hydrogen-bond acceptors (Lipinski definition) is 4. The summed E-state index contributed by atoms with van der Waals surface area (Å²) in [6.45, 7) is 0. The minimum absolute atomic E-state index is 0.545. The van der Waals surface area contributed by atoms with Gasteiger partial charge in [0.05, 0.1) is 7.11 Å². The molecule has 2 N–H and O–H groups in total. The van der Waals surface area contributed by atoms with Crippen molar-refractivity contribution in [2.75, 3.05) is 12.4 Å². The molecule has 0 spiro atoms. The first-order valence-electron chi connectivity index (χ1n) is 6.07. The zero-order valence-corrected chi connectivity index (χ0v) is 10.8. The van der Waals surface area contributed by atoms with E-state index in [4.69, 9.17) is 11.2 Å². The van der Waals surface area contributed by atoms with Crippen LogP contribution in [0.4, 0.5) is 11.6 Å². The molecule has 98 valence electrons. The molecule has 5 heteroatoms. The Morgan fingerprint density at radius 1 is 1.47 bits per heavy atom. The summed E-state index contributed by atoms with van der Waals surface area (Å²) in [7, 11) is 1.63. The summed E-state index contributed by atoms with van der Waals surface area (Å²) in [4.78, 5) is 4.35. The Labute approximate surface area is 112 Å². The van der Waals surface area contributed by atoms with E-state index in [0.29, 0.717) is 5.95 Å². The Bertz CT molecular complexity index is 571. The van der Waals surface area contributed by atoms with Crippen LogP contribution in [0.15, 0.2) is 24.3 Å². The average Bonchev–Trinajstić information content (AvgIpc) is 2.87. The number of H-pyrrole nitrogens is 1. The Balaban J connectivity index is 1.97.